The molecule has 5 heteroatoms. The average Bonchev–Trinajstić information content (AvgIpc) is 2.41. The van der Waals surface area contributed by atoms with Gasteiger partial charge >= 0.3 is 0 Å². The van der Waals surface area contributed by atoms with E-state index < -0.39 is 6.10 Å². The van der Waals surface area contributed by atoms with Crippen LogP contribution in [0.2, 0.25) is 0 Å². The molecule has 1 unspecified atom stereocenters. The Morgan fingerprint density at radius 2 is 2.11 bits per heavy atom. The maximum absolute atomic E-state index is 12.1. The highest BCUT2D eigenvalue weighted by molar-refractivity contribution is 5.81. The molecule has 1 aromatic rings. The van der Waals surface area contributed by atoms with Gasteiger partial charge in [-0.3, -0.25) is 4.79 Å². The van der Waals surface area contributed by atoms with Gasteiger partial charge in [-0.1, -0.05) is 0 Å². The lowest BCUT2D eigenvalue weighted by Gasteiger charge is -2.23. The first-order valence-electron chi connectivity index (χ1n) is 6.28. The summed E-state index contributed by atoms with van der Waals surface area (Å²) in [5, 5.41) is 9.01. The van der Waals surface area contributed by atoms with Crippen LogP contribution in [-0.2, 0) is 4.79 Å². The second-order valence-electron chi connectivity index (χ2n) is 4.14. The molecule has 0 fully saturated rings. The van der Waals surface area contributed by atoms with E-state index >= 15 is 0 Å². The minimum absolute atomic E-state index is 0.0919. The molecule has 0 aliphatic rings. The zero-order chi connectivity index (χ0) is 14.4. The molecule has 0 radical (unpaired) electrons. The predicted molar refractivity (Wildman–Crippen MR) is 73.6 cm³/mol. The Morgan fingerprint density at radius 1 is 1.47 bits per heavy atom. The van der Waals surface area contributed by atoms with Crippen molar-refractivity contribution in [3.63, 3.8) is 0 Å². The number of rotatable bonds is 5. The Hall–Kier alpha value is -2.22. The molecular formula is C14H19N3O2. The topological polar surface area (TPSA) is 79.3 Å². The van der Waals surface area contributed by atoms with Gasteiger partial charge < -0.3 is 15.4 Å². The van der Waals surface area contributed by atoms with Crippen LogP contribution < -0.4 is 10.5 Å². The first-order chi connectivity index (χ1) is 9.03. The predicted octanol–water partition coefficient (Wildman–Crippen LogP) is 1.78. The Morgan fingerprint density at radius 3 is 2.63 bits per heavy atom. The van der Waals surface area contributed by atoms with E-state index in [1.807, 2.05) is 19.9 Å². The van der Waals surface area contributed by atoms with Crippen LogP contribution in [0.1, 0.15) is 26.3 Å². The van der Waals surface area contributed by atoms with Gasteiger partial charge in [-0.2, -0.15) is 5.26 Å². The molecule has 0 saturated heterocycles. The number of amides is 1. The van der Waals surface area contributed by atoms with Gasteiger partial charge in [-0.05, 0) is 39.0 Å². The first-order valence-corrected chi connectivity index (χ1v) is 6.28. The number of carbonyl (C=O) groups is 1. The van der Waals surface area contributed by atoms with Crippen LogP contribution in [0.25, 0.3) is 0 Å². The second-order valence-corrected chi connectivity index (χ2v) is 4.14. The molecular weight excluding hydrogens is 242 g/mol. The standard InChI is InChI=1S/C14H19N3O2/c1-4-17(5-2)14(18)10(3)19-13-7-6-12(16)8-11(13)9-15/h6-8,10H,4-5,16H2,1-3H3. The molecule has 1 rings (SSSR count). The van der Waals surface area contributed by atoms with Gasteiger partial charge in [0.1, 0.15) is 11.8 Å². The maximum atomic E-state index is 12.1. The normalized spacial score (nSPS) is 11.5. The highest BCUT2D eigenvalue weighted by Gasteiger charge is 2.20. The number of anilines is 1. The Labute approximate surface area is 113 Å². The summed E-state index contributed by atoms with van der Waals surface area (Å²) in [7, 11) is 0. The number of likely N-dealkylation sites (N-methyl/N-ethyl adjacent to an activating group) is 1. The fraction of sp³-hybridized carbons (Fsp3) is 0.429. The Kier molecular flexibility index (Phi) is 5.19. The first kappa shape index (κ1) is 14.8. The maximum Gasteiger partial charge on any atom is 0.263 e. The van der Waals surface area contributed by atoms with Crippen molar-refractivity contribution in [2.24, 2.45) is 0 Å². The molecule has 1 atom stereocenters. The van der Waals surface area contributed by atoms with E-state index in [0.29, 0.717) is 30.1 Å². The summed E-state index contributed by atoms with van der Waals surface area (Å²) in [5.41, 5.74) is 6.43. The van der Waals surface area contributed by atoms with Gasteiger partial charge in [-0.15, -0.1) is 0 Å². The lowest BCUT2D eigenvalue weighted by Crippen LogP contribution is -2.40. The molecule has 1 amide bonds. The summed E-state index contributed by atoms with van der Waals surface area (Å²) in [6.45, 7) is 6.78. The van der Waals surface area contributed by atoms with Gasteiger partial charge in [-0.25, -0.2) is 0 Å². The van der Waals surface area contributed by atoms with Crippen LogP contribution in [0, 0.1) is 11.3 Å². The quantitative estimate of drug-likeness (QED) is 0.819. The largest absolute Gasteiger partial charge is 0.480 e. The van der Waals surface area contributed by atoms with Crippen molar-refractivity contribution in [3.05, 3.63) is 23.8 Å². The summed E-state index contributed by atoms with van der Waals surface area (Å²) in [4.78, 5) is 13.8. The number of nitrogen functional groups attached to an aromatic ring is 1. The van der Waals surface area contributed by atoms with Crippen molar-refractivity contribution in [2.75, 3.05) is 18.8 Å². The third-order valence-electron chi connectivity index (χ3n) is 2.85. The third-order valence-corrected chi connectivity index (χ3v) is 2.85. The summed E-state index contributed by atoms with van der Waals surface area (Å²) in [6.07, 6.45) is -0.629. The van der Waals surface area contributed by atoms with Crippen LogP contribution in [0.4, 0.5) is 5.69 Å². The lowest BCUT2D eigenvalue weighted by atomic mass is 10.2. The van der Waals surface area contributed by atoms with E-state index in [1.54, 1.807) is 24.0 Å². The summed E-state index contributed by atoms with van der Waals surface area (Å²) >= 11 is 0. The van der Waals surface area contributed by atoms with E-state index in [-0.39, 0.29) is 5.91 Å². The Balaban J connectivity index is 2.85. The van der Waals surface area contributed by atoms with E-state index in [1.165, 1.54) is 6.07 Å². The van der Waals surface area contributed by atoms with E-state index in [9.17, 15) is 4.79 Å². The molecule has 0 aliphatic heterocycles. The van der Waals surface area contributed by atoms with Gasteiger partial charge in [0.15, 0.2) is 6.10 Å². The molecule has 0 bridgehead atoms. The van der Waals surface area contributed by atoms with Gasteiger partial charge in [0, 0.05) is 18.8 Å². The van der Waals surface area contributed by atoms with E-state index in [4.69, 9.17) is 15.7 Å². The van der Waals surface area contributed by atoms with Crippen LogP contribution in [0.3, 0.4) is 0 Å². The van der Waals surface area contributed by atoms with Gasteiger partial charge in [0.2, 0.25) is 0 Å². The molecule has 0 saturated carbocycles. The van der Waals surface area contributed by atoms with Crippen LogP contribution in [0.15, 0.2) is 18.2 Å². The molecule has 1 aromatic carbocycles. The second kappa shape index (κ2) is 6.64. The van der Waals surface area contributed by atoms with Gasteiger partial charge in [0.05, 0.1) is 5.56 Å². The number of hydrogen-bond acceptors (Lipinski definition) is 4. The summed E-state index contributed by atoms with van der Waals surface area (Å²) < 4.78 is 5.57. The molecule has 0 spiro atoms. The number of ether oxygens (including phenoxy) is 1. The highest BCUT2D eigenvalue weighted by Crippen LogP contribution is 2.22. The minimum Gasteiger partial charge on any atom is -0.480 e. The summed E-state index contributed by atoms with van der Waals surface area (Å²) in [6, 6.07) is 6.79. The minimum atomic E-state index is -0.629. The fourth-order valence-electron chi connectivity index (χ4n) is 1.77. The smallest absolute Gasteiger partial charge is 0.263 e. The third kappa shape index (κ3) is 3.62. The number of nitriles is 1. The SMILES string of the molecule is CCN(CC)C(=O)C(C)Oc1ccc(N)cc1C#N. The fourth-order valence-corrected chi connectivity index (χ4v) is 1.77. The number of nitrogens with zero attached hydrogens (tertiary/aromatic N) is 2. The van der Waals surface area contributed by atoms with Crippen molar-refractivity contribution < 1.29 is 9.53 Å². The zero-order valence-electron chi connectivity index (χ0n) is 11.5. The number of benzene rings is 1. The van der Waals surface area contributed by atoms with Crippen LogP contribution >= 0.6 is 0 Å². The van der Waals surface area contributed by atoms with Crippen molar-refractivity contribution in [1.82, 2.24) is 4.90 Å². The lowest BCUT2D eigenvalue weighted by molar-refractivity contribution is -0.137. The van der Waals surface area contributed by atoms with Gasteiger partial charge in [0.25, 0.3) is 5.91 Å². The van der Waals surface area contributed by atoms with E-state index in [0.717, 1.165) is 0 Å². The van der Waals surface area contributed by atoms with Crippen LogP contribution in [0.5, 0.6) is 5.75 Å². The van der Waals surface area contributed by atoms with Crippen molar-refractivity contribution in [2.45, 2.75) is 26.9 Å². The number of carbonyl (C=O) groups excluding carboxylic acids is 1. The molecule has 0 aliphatic carbocycles. The molecule has 19 heavy (non-hydrogen) atoms. The highest BCUT2D eigenvalue weighted by atomic mass is 16.5. The van der Waals surface area contributed by atoms with Crippen molar-refractivity contribution in [3.8, 4) is 11.8 Å². The molecule has 5 nitrogen and oxygen atoms in total. The monoisotopic (exact) mass is 261 g/mol. The van der Waals surface area contributed by atoms with E-state index in [2.05, 4.69) is 0 Å². The molecule has 0 heterocycles. The van der Waals surface area contributed by atoms with Crippen molar-refractivity contribution >= 4 is 11.6 Å². The zero-order valence-corrected chi connectivity index (χ0v) is 11.5. The molecule has 2 N–H and O–H groups in total. The number of nitrogens with two attached hydrogens (primary N) is 1. The summed E-state index contributed by atoms with van der Waals surface area (Å²) in [5.74, 6) is 0.287. The van der Waals surface area contributed by atoms with Crippen LogP contribution in [-0.4, -0.2) is 30.0 Å². The molecule has 102 valence electrons. The van der Waals surface area contributed by atoms with Crippen molar-refractivity contribution in [1.29, 1.82) is 5.26 Å². The Bertz CT molecular complexity index is 490. The number of hydrogen-bond donors (Lipinski definition) is 1. The average molecular weight is 261 g/mol. The molecule has 0 aromatic heterocycles.